The fourth-order valence-corrected chi connectivity index (χ4v) is 7.72. The van der Waals surface area contributed by atoms with Crippen molar-refractivity contribution in [3.8, 4) is 12.3 Å². The van der Waals surface area contributed by atoms with Crippen LogP contribution in [0.4, 0.5) is 0 Å². The Bertz CT molecular complexity index is 610. The second-order valence-electron chi connectivity index (χ2n) is 7.04. The predicted molar refractivity (Wildman–Crippen MR) is 102 cm³/mol. The Morgan fingerprint density at radius 2 is 1.39 bits per heavy atom. The van der Waals surface area contributed by atoms with E-state index in [0.29, 0.717) is 6.61 Å². The molecule has 23 heavy (non-hydrogen) atoms. The standard InChI is InChI=1S/C21H26OSi/c1-6-18(2)17-22-23(21(3,4)5,19-13-9-7-10-14-19)20-15-11-8-12-16-20/h1,7-16,18H,17H2,2-5H3. The zero-order valence-electron chi connectivity index (χ0n) is 14.5. The summed E-state index contributed by atoms with van der Waals surface area (Å²) in [5.41, 5.74) is 0. The molecular weight excluding hydrogens is 296 g/mol. The molecule has 0 heterocycles. The van der Waals surface area contributed by atoms with Gasteiger partial charge >= 0.3 is 0 Å². The van der Waals surface area contributed by atoms with Gasteiger partial charge in [-0.1, -0.05) is 81.4 Å². The second kappa shape index (κ2) is 7.17. The van der Waals surface area contributed by atoms with Gasteiger partial charge in [-0.2, -0.15) is 0 Å². The van der Waals surface area contributed by atoms with E-state index >= 15 is 0 Å². The molecule has 2 heteroatoms. The topological polar surface area (TPSA) is 9.23 Å². The molecule has 0 aliphatic rings. The number of terminal acetylenes is 1. The van der Waals surface area contributed by atoms with Gasteiger partial charge in [0.1, 0.15) is 0 Å². The maximum absolute atomic E-state index is 6.72. The van der Waals surface area contributed by atoms with Crippen molar-refractivity contribution in [2.75, 3.05) is 6.61 Å². The highest BCUT2D eigenvalue weighted by Crippen LogP contribution is 2.36. The van der Waals surface area contributed by atoms with Gasteiger partial charge in [-0.05, 0) is 22.3 Å². The summed E-state index contributed by atoms with van der Waals surface area (Å²) in [5.74, 6) is 2.90. The van der Waals surface area contributed by atoms with Crippen LogP contribution in [0.3, 0.4) is 0 Å². The summed E-state index contributed by atoms with van der Waals surface area (Å²) in [5, 5.41) is 2.59. The van der Waals surface area contributed by atoms with Gasteiger partial charge in [0, 0.05) is 12.5 Å². The average molecular weight is 323 g/mol. The Morgan fingerprint density at radius 1 is 0.957 bits per heavy atom. The molecule has 0 radical (unpaired) electrons. The van der Waals surface area contributed by atoms with Gasteiger partial charge in [-0.3, -0.25) is 0 Å². The zero-order chi connectivity index (χ0) is 16.9. The van der Waals surface area contributed by atoms with Crippen molar-refractivity contribution in [2.45, 2.75) is 32.7 Å². The van der Waals surface area contributed by atoms with Crippen LogP contribution in [0.2, 0.25) is 5.04 Å². The Morgan fingerprint density at radius 3 is 1.74 bits per heavy atom. The van der Waals surface area contributed by atoms with Crippen LogP contribution in [0.15, 0.2) is 60.7 Å². The van der Waals surface area contributed by atoms with E-state index in [1.165, 1.54) is 10.4 Å². The van der Waals surface area contributed by atoms with Crippen molar-refractivity contribution in [3.63, 3.8) is 0 Å². The minimum absolute atomic E-state index is 0.00399. The molecule has 0 aliphatic carbocycles. The molecule has 0 aromatic heterocycles. The minimum Gasteiger partial charge on any atom is -0.406 e. The third-order valence-electron chi connectivity index (χ3n) is 4.25. The molecule has 0 spiro atoms. The van der Waals surface area contributed by atoms with E-state index in [-0.39, 0.29) is 11.0 Å². The van der Waals surface area contributed by atoms with Crippen LogP contribution >= 0.6 is 0 Å². The first-order chi connectivity index (χ1) is 10.9. The van der Waals surface area contributed by atoms with E-state index in [1.807, 2.05) is 6.92 Å². The molecule has 0 amide bonds. The first-order valence-electron chi connectivity index (χ1n) is 8.13. The van der Waals surface area contributed by atoms with Crippen LogP contribution in [0, 0.1) is 18.3 Å². The summed E-state index contributed by atoms with van der Waals surface area (Å²) in [7, 11) is -2.42. The third-order valence-corrected chi connectivity index (χ3v) is 9.26. The summed E-state index contributed by atoms with van der Waals surface area (Å²) in [6.45, 7) is 9.46. The van der Waals surface area contributed by atoms with Gasteiger partial charge in [0.05, 0.1) is 0 Å². The fourth-order valence-electron chi connectivity index (χ4n) is 3.06. The number of rotatable bonds is 5. The van der Waals surface area contributed by atoms with Crippen molar-refractivity contribution in [2.24, 2.45) is 5.92 Å². The smallest absolute Gasteiger partial charge is 0.261 e. The van der Waals surface area contributed by atoms with Gasteiger partial charge < -0.3 is 4.43 Å². The van der Waals surface area contributed by atoms with E-state index in [4.69, 9.17) is 10.8 Å². The quantitative estimate of drug-likeness (QED) is 0.600. The zero-order valence-corrected chi connectivity index (χ0v) is 15.5. The van der Waals surface area contributed by atoms with Crippen molar-refractivity contribution < 1.29 is 4.43 Å². The molecule has 2 rings (SSSR count). The molecule has 2 aromatic carbocycles. The lowest BCUT2D eigenvalue weighted by atomic mass is 10.2. The molecule has 0 saturated carbocycles. The Balaban J connectivity index is 2.62. The van der Waals surface area contributed by atoms with E-state index in [2.05, 4.69) is 87.4 Å². The van der Waals surface area contributed by atoms with Gasteiger partial charge in [-0.15, -0.1) is 12.3 Å². The SMILES string of the molecule is C#CC(C)CO[Si](c1ccccc1)(c1ccccc1)C(C)(C)C. The summed E-state index contributed by atoms with van der Waals surface area (Å²) in [6, 6.07) is 21.3. The summed E-state index contributed by atoms with van der Waals surface area (Å²) >= 11 is 0. The molecule has 0 bridgehead atoms. The minimum atomic E-state index is -2.42. The Labute approximate surface area is 141 Å². The molecule has 2 aromatic rings. The molecule has 1 unspecified atom stereocenters. The lowest BCUT2D eigenvalue weighted by Crippen LogP contribution is -2.66. The summed E-state index contributed by atoms with van der Waals surface area (Å²) in [4.78, 5) is 0. The molecule has 0 aliphatic heterocycles. The van der Waals surface area contributed by atoms with Crippen LogP contribution in [0.5, 0.6) is 0 Å². The largest absolute Gasteiger partial charge is 0.406 e. The van der Waals surface area contributed by atoms with E-state index in [9.17, 15) is 0 Å². The van der Waals surface area contributed by atoms with Gasteiger partial charge in [-0.25, -0.2) is 0 Å². The highest BCUT2D eigenvalue weighted by Gasteiger charge is 2.50. The lowest BCUT2D eigenvalue weighted by molar-refractivity contribution is 0.272. The third kappa shape index (κ3) is 3.58. The van der Waals surface area contributed by atoms with Crippen molar-refractivity contribution in [3.05, 3.63) is 60.7 Å². The van der Waals surface area contributed by atoms with E-state index in [0.717, 1.165) is 0 Å². The first-order valence-corrected chi connectivity index (χ1v) is 10.0. The van der Waals surface area contributed by atoms with Crippen LogP contribution in [-0.2, 0) is 4.43 Å². The highest BCUT2D eigenvalue weighted by molar-refractivity contribution is 6.99. The van der Waals surface area contributed by atoms with Crippen molar-refractivity contribution >= 4 is 18.7 Å². The van der Waals surface area contributed by atoms with Crippen LogP contribution < -0.4 is 10.4 Å². The van der Waals surface area contributed by atoms with Gasteiger partial charge in [0.2, 0.25) is 0 Å². The second-order valence-corrected chi connectivity index (χ2v) is 11.3. The number of benzene rings is 2. The van der Waals surface area contributed by atoms with Crippen molar-refractivity contribution in [1.29, 1.82) is 0 Å². The Kier molecular flexibility index (Phi) is 5.46. The lowest BCUT2D eigenvalue weighted by Gasteiger charge is -2.43. The summed E-state index contributed by atoms with van der Waals surface area (Å²) in [6.07, 6.45) is 5.57. The van der Waals surface area contributed by atoms with Crippen LogP contribution in [0.25, 0.3) is 0 Å². The highest BCUT2D eigenvalue weighted by atomic mass is 28.4. The molecule has 0 fully saturated rings. The van der Waals surface area contributed by atoms with Crippen LogP contribution in [-0.4, -0.2) is 14.9 Å². The Hall–Kier alpha value is -1.82. The molecule has 1 nitrogen and oxygen atoms in total. The molecule has 0 saturated heterocycles. The van der Waals surface area contributed by atoms with Crippen LogP contribution in [0.1, 0.15) is 27.7 Å². The maximum Gasteiger partial charge on any atom is 0.261 e. The predicted octanol–water partition coefficient (Wildman–Crippen LogP) is 3.83. The molecule has 120 valence electrons. The van der Waals surface area contributed by atoms with E-state index < -0.39 is 8.32 Å². The summed E-state index contributed by atoms with van der Waals surface area (Å²) < 4.78 is 6.72. The van der Waals surface area contributed by atoms with E-state index in [1.54, 1.807) is 0 Å². The normalized spacial score (nSPS) is 13.3. The van der Waals surface area contributed by atoms with Gasteiger partial charge in [0.25, 0.3) is 8.32 Å². The fraction of sp³-hybridized carbons (Fsp3) is 0.333. The maximum atomic E-state index is 6.72. The number of hydrogen-bond donors (Lipinski definition) is 0. The first kappa shape index (κ1) is 17.5. The average Bonchev–Trinajstić information content (AvgIpc) is 2.56. The monoisotopic (exact) mass is 322 g/mol. The van der Waals surface area contributed by atoms with Gasteiger partial charge in [0.15, 0.2) is 0 Å². The molecule has 0 N–H and O–H groups in total. The molecular formula is C21H26OSi. The van der Waals surface area contributed by atoms with Crippen molar-refractivity contribution in [1.82, 2.24) is 0 Å². The molecule has 1 atom stereocenters. The number of hydrogen-bond acceptors (Lipinski definition) is 1.